The normalized spacial score (nSPS) is 17.2. The molecule has 7 heteroatoms. The molecule has 0 fully saturated rings. The van der Waals surface area contributed by atoms with Gasteiger partial charge in [-0.15, -0.1) is 0 Å². The van der Waals surface area contributed by atoms with E-state index in [1.54, 1.807) is 17.0 Å². The highest BCUT2D eigenvalue weighted by Crippen LogP contribution is 2.21. The smallest absolute Gasteiger partial charge is 0.253 e. The van der Waals surface area contributed by atoms with Crippen LogP contribution in [0.1, 0.15) is 22.6 Å². The molecule has 0 aliphatic carbocycles. The molecular weight excluding hydrogens is 292 g/mol. The number of hydrogen-bond acceptors (Lipinski definition) is 4. The van der Waals surface area contributed by atoms with Crippen molar-refractivity contribution in [2.24, 2.45) is 5.92 Å². The van der Waals surface area contributed by atoms with Gasteiger partial charge >= 0.3 is 0 Å². The second-order valence-corrected chi connectivity index (χ2v) is 6.11. The second-order valence-electron chi connectivity index (χ2n) is 6.11. The largest absolute Gasteiger partial charge is 0.341 e. The zero-order valence-corrected chi connectivity index (χ0v) is 12.9. The Morgan fingerprint density at radius 2 is 2.26 bits per heavy atom. The Labute approximate surface area is 133 Å². The fourth-order valence-electron chi connectivity index (χ4n) is 3.24. The number of rotatable bonds is 3. The van der Waals surface area contributed by atoms with Crippen molar-refractivity contribution in [3.63, 3.8) is 0 Å². The van der Waals surface area contributed by atoms with Crippen molar-refractivity contribution in [1.82, 2.24) is 29.9 Å². The number of hydrogen-bond donors (Lipinski definition) is 1. The lowest BCUT2D eigenvalue weighted by Crippen LogP contribution is -2.35. The highest BCUT2D eigenvalue weighted by Gasteiger charge is 2.23. The molecule has 1 amide bonds. The fourth-order valence-corrected chi connectivity index (χ4v) is 3.24. The summed E-state index contributed by atoms with van der Waals surface area (Å²) in [7, 11) is 1.86. The van der Waals surface area contributed by atoms with Crippen molar-refractivity contribution < 1.29 is 4.79 Å². The number of carbonyl (C=O) groups is 1. The van der Waals surface area contributed by atoms with E-state index in [4.69, 9.17) is 0 Å². The molecule has 0 saturated heterocycles. The Kier molecular flexibility index (Phi) is 3.33. The first-order valence-corrected chi connectivity index (χ1v) is 7.77. The summed E-state index contributed by atoms with van der Waals surface area (Å²) in [4.78, 5) is 18.8. The van der Waals surface area contributed by atoms with Crippen LogP contribution in [0.5, 0.6) is 0 Å². The Morgan fingerprint density at radius 3 is 3.17 bits per heavy atom. The first-order valence-electron chi connectivity index (χ1n) is 7.77. The third-order valence-corrected chi connectivity index (χ3v) is 4.49. The predicted octanol–water partition coefficient (Wildman–Crippen LogP) is 1.49. The van der Waals surface area contributed by atoms with Gasteiger partial charge in [0.15, 0.2) is 0 Å². The van der Waals surface area contributed by atoms with Crippen LogP contribution in [0.3, 0.4) is 0 Å². The number of aryl methyl sites for hydroxylation is 1. The maximum atomic E-state index is 12.6. The molecule has 3 heterocycles. The van der Waals surface area contributed by atoms with Gasteiger partial charge in [0.05, 0.1) is 0 Å². The summed E-state index contributed by atoms with van der Waals surface area (Å²) in [6.45, 7) is 1.72. The number of imidazole rings is 1. The van der Waals surface area contributed by atoms with Crippen LogP contribution in [0, 0.1) is 5.92 Å². The van der Waals surface area contributed by atoms with Crippen molar-refractivity contribution in [2.45, 2.75) is 19.4 Å². The molecule has 0 bridgehead atoms. The Balaban J connectivity index is 1.46. The fraction of sp³-hybridized carbons (Fsp3) is 0.375. The summed E-state index contributed by atoms with van der Waals surface area (Å²) < 4.78 is 2.19. The van der Waals surface area contributed by atoms with Gasteiger partial charge < -0.3 is 9.47 Å². The molecule has 7 nitrogen and oxygen atoms in total. The van der Waals surface area contributed by atoms with E-state index >= 15 is 0 Å². The van der Waals surface area contributed by atoms with Gasteiger partial charge in [-0.25, -0.2) is 4.98 Å². The summed E-state index contributed by atoms with van der Waals surface area (Å²) in [5, 5.41) is 10.6. The minimum atomic E-state index is 0.0174. The van der Waals surface area contributed by atoms with Crippen LogP contribution in [-0.4, -0.2) is 49.4 Å². The average Bonchev–Trinajstić information content (AvgIpc) is 3.21. The van der Waals surface area contributed by atoms with Crippen LogP contribution in [0.4, 0.5) is 0 Å². The topological polar surface area (TPSA) is 79.7 Å². The quantitative estimate of drug-likeness (QED) is 0.795. The molecular formula is C16H18N6O. The number of carbonyl (C=O) groups excluding carboxylic acids is 1. The lowest BCUT2D eigenvalue weighted by molar-refractivity contribution is 0.0764. The highest BCUT2D eigenvalue weighted by molar-refractivity contribution is 5.97. The van der Waals surface area contributed by atoms with Crippen molar-refractivity contribution in [3.8, 4) is 0 Å². The van der Waals surface area contributed by atoms with E-state index in [0.717, 1.165) is 37.3 Å². The Hall–Kier alpha value is -2.70. The highest BCUT2D eigenvalue weighted by atomic mass is 16.2. The summed E-state index contributed by atoms with van der Waals surface area (Å²) in [5.74, 6) is 1.59. The van der Waals surface area contributed by atoms with Crippen molar-refractivity contribution in [3.05, 3.63) is 42.0 Å². The van der Waals surface area contributed by atoms with E-state index in [9.17, 15) is 4.79 Å². The number of nitrogens with zero attached hydrogens (tertiary/aromatic N) is 5. The van der Waals surface area contributed by atoms with Gasteiger partial charge in [0.2, 0.25) is 0 Å². The van der Waals surface area contributed by atoms with E-state index in [-0.39, 0.29) is 5.91 Å². The van der Waals surface area contributed by atoms with Gasteiger partial charge in [0.1, 0.15) is 16.9 Å². The lowest BCUT2D eigenvalue weighted by atomic mass is 9.97. The molecule has 3 aromatic rings. The van der Waals surface area contributed by atoms with Crippen LogP contribution in [0.15, 0.2) is 30.6 Å². The third-order valence-electron chi connectivity index (χ3n) is 4.49. The first kappa shape index (κ1) is 13.9. The molecule has 1 aromatic carbocycles. The van der Waals surface area contributed by atoms with Crippen LogP contribution >= 0.6 is 0 Å². The number of aromatic amines is 1. The monoisotopic (exact) mass is 310 g/mol. The van der Waals surface area contributed by atoms with Crippen LogP contribution < -0.4 is 0 Å². The predicted molar refractivity (Wildman–Crippen MR) is 84.9 cm³/mol. The summed E-state index contributed by atoms with van der Waals surface area (Å²) in [6, 6.07) is 5.40. The van der Waals surface area contributed by atoms with E-state index in [1.807, 2.05) is 25.5 Å². The molecule has 1 N–H and O–H groups in total. The summed E-state index contributed by atoms with van der Waals surface area (Å²) in [6.07, 6.45) is 5.86. The molecule has 1 unspecified atom stereocenters. The van der Waals surface area contributed by atoms with Gasteiger partial charge in [0, 0.05) is 44.5 Å². The number of nitrogens with one attached hydrogen (secondary N) is 1. The maximum Gasteiger partial charge on any atom is 0.253 e. The van der Waals surface area contributed by atoms with Crippen molar-refractivity contribution >= 4 is 16.9 Å². The number of H-pyrrole nitrogens is 1. The maximum absolute atomic E-state index is 12.6. The van der Waals surface area contributed by atoms with Crippen molar-refractivity contribution in [2.75, 3.05) is 13.6 Å². The zero-order valence-electron chi connectivity index (χ0n) is 12.9. The van der Waals surface area contributed by atoms with Crippen LogP contribution in [0.2, 0.25) is 0 Å². The molecule has 118 valence electrons. The number of aromatic nitrogens is 5. The Morgan fingerprint density at radius 1 is 1.39 bits per heavy atom. The number of amides is 1. The standard InChI is InChI=1S/C16H18N6O/c1-21(10-11-4-6-22-7-5-17-15(22)8-11)16(23)12-2-3-13-14(9-12)19-20-18-13/h2-3,5,7,9,11H,4,6,8,10H2,1H3,(H,18,19,20). The summed E-state index contributed by atoms with van der Waals surface area (Å²) >= 11 is 0. The number of fused-ring (bicyclic) bond motifs is 2. The molecule has 0 saturated carbocycles. The zero-order chi connectivity index (χ0) is 15.8. The molecule has 4 rings (SSSR count). The molecule has 1 aliphatic heterocycles. The van der Waals surface area contributed by atoms with E-state index in [0.29, 0.717) is 17.0 Å². The van der Waals surface area contributed by atoms with Crippen molar-refractivity contribution in [1.29, 1.82) is 0 Å². The molecule has 2 aromatic heterocycles. The molecule has 1 aliphatic rings. The van der Waals surface area contributed by atoms with E-state index in [1.165, 1.54) is 0 Å². The first-order chi connectivity index (χ1) is 11.2. The minimum Gasteiger partial charge on any atom is -0.341 e. The lowest BCUT2D eigenvalue weighted by Gasteiger charge is -2.27. The van der Waals surface area contributed by atoms with Crippen LogP contribution in [-0.2, 0) is 13.0 Å². The SMILES string of the molecule is CN(CC1CCn2ccnc2C1)C(=O)c1ccc2n[nH]nc2c1. The average molecular weight is 310 g/mol. The minimum absolute atomic E-state index is 0.0174. The molecule has 23 heavy (non-hydrogen) atoms. The number of benzene rings is 1. The van der Waals surface area contributed by atoms with E-state index < -0.39 is 0 Å². The van der Waals surface area contributed by atoms with E-state index in [2.05, 4.69) is 25.0 Å². The van der Waals surface area contributed by atoms with Gasteiger partial charge in [-0.2, -0.15) is 15.4 Å². The van der Waals surface area contributed by atoms with Gasteiger partial charge in [-0.1, -0.05) is 0 Å². The van der Waals surface area contributed by atoms with Gasteiger partial charge in [-0.3, -0.25) is 4.79 Å². The van der Waals surface area contributed by atoms with Gasteiger partial charge in [-0.05, 0) is 30.5 Å². The molecule has 0 spiro atoms. The van der Waals surface area contributed by atoms with Crippen LogP contribution in [0.25, 0.3) is 11.0 Å². The Bertz CT molecular complexity index is 851. The third kappa shape index (κ3) is 2.58. The second kappa shape index (κ2) is 5.49. The van der Waals surface area contributed by atoms with Gasteiger partial charge in [0.25, 0.3) is 5.91 Å². The summed E-state index contributed by atoms with van der Waals surface area (Å²) in [5.41, 5.74) is 2.12. The molecule has 1 atom stereocenters. The molecule has 0 radical (unpaired) electrons.